The molecule has 6 nitrogen and oxygen atoms in total. The standard InChI is InChI=1S/C20H15F2N3O3/c21-12-8-11(9-13(22)10-12)17-18(23-14-4-2-1-3-5-14)16-15(24-17)6-7-25(19(16)26)20(27)28/h1-5,8-10,23-24H,6-7H2,(H,27,28). The SMILES string of the molecule is O=C(O)N1CCc2[nH]c(-c3cc(F)cc(F)c3)c(Nc3ccccc3)c2C1=O. The van der Waals surface area contributed by atoms with E-state index in [9.17, 15) is 23.5 Å². The molecule has 2 amide bonds. The Hall–Kier alpha value is -3.68. The molecule has 0 fully saturated rings. The fraction of sp³-hybridized carbons (Fsp3) is 0.100. The van der Waals surface area contributed by atoms with E-state index in [0.29, 0.717) is 17.1 Å². The zero-order valence-electron chi connectivity index (χ0n) is 14.5. The molecule has 1 aliphatic heterocycles. The molecular weight excluding hydrogens is 368 g/mol. The summed E-state index contributed by atoms with van der Waals surface area (Å²) in [6.45, 7) is 0.00338. The van der Waals surface area contributed by atoms with Gasteiger partial charge in [-0.25, -0.2) is 18.5 Å². The van der Waals surface area contributed by atoms with Crippen LogP contribution in [0.3, 0.4) is 0 Å². The summed E-state index contributed by atoms with van der Waals surface area (Å²) in [6, 6.07) is 12.0. The number of carboxylic acid groups (broad SMARTS) is 1. The summed E-state index contributed by atoms with van der Waals surface area (Å²) in [7, 11) is 0. The Morgan fingerprint density at radius 1 is 1.11 bits per heavy atom. The van der Waals surface area contributed by atoms with E-state index in [1.807, 2.05) is 6.07 Å². The molecule has 0 radical (unpaired) electrons. The number of halogens is 2. The number of nitrogens with zero attached hydrogens (tertiary/aromatic N) is 1. The van der Waals surface area contributed by atoms with Gasteiger partial charge in [0.2, 0.25) is 0 Å². The highest BCUT2D eigenvalue weighted by molar-refractivity contribution is 6.10. The number of aromatic nitrogens is 1. The normalized spacial score (nSPS) is 13.4. The molecule has 1 aliphatic rings. The Morgan fingerprint density at radius 3 is 2.43 bits per heavy atom. The maximum absolute atomic E-state index is 13.8. The number of carbonyl (C=O) groups is 2. The van der Waals surface area contributed by atoms with Crippen LogP contribution in [0.4, 0.5) is 25.0 Å². The molecule has 8 heteroatoms. The number of hydrogen-bond donors (Lipinski definition) is 3. The van der Waals surface area contributed by atoms with Crippen LogP contribution in [0.25, 0.3) is 11.3 Å². The first-order chi connectivity index (χ1) is 13.4. The summed E-state index contributed by atoms with van der Waals surface area (Å²) in [5.41, 5.74) is 2.11. The maximum atomic E-state index is 13.8. The van der Waals surface area contributed by atoms with Gasteiger partial charge in [-0.15, -0.1) is 0 Å². The van der Waals surface area contributed by atoms with E-state index in [-0.39, 0.29) is 29.8 Å². The summed E-state index contributed by atoms with van der Waals surface area (Å²) >= 11 is 0. The average molecular weight is 383 g/mol. The molecular formula is C20H15F2N3O3. The Bertz CT molecular complexity index is 1060. The predicted molar refractivity (Wildman–Crippen MR) is 98.6 cm³/mol. The van der Waals surface area contributed by atoms with E-state index in [1.165, 1.54) is 0 Å². The van der Waals surface area contributed by atoms with Gasteiger partial charge in [0.15, 0.2) is 0 Å². The Labute approximate surface area is 158 Å². The summed E-state index contributed by atoms with van der Waals surface area (Å²) < 4.78 is 27.5. The van der Waals surface area contributed by atoms with Crippen LogP contribution in [0.15, 0.2) is 48.5 Å². The lowest BCUT2D eigenvalue weighted by atomic mass is 10.0. The molecule has 3 aromatic rings. The van der Waals surface area contributed by atoms with Crippen LogP contribution in [-0.2, 0) is 6.42 Å². The lowest BCUT2D eigenvalue weighted by Gasteiger charge is -2.23. The summed E-state index contributed by atoms with van der Waals surface area (Å²) in [5.74, 6) is -2.20. The minimum Gasteiger partial charge on any atom is -0.465 e. The number of fused-ring (bicyclic) bond motifs is 1. The van der Waals surface area contributed by atoms with Crippen molar-refractivity contribution >= 4 is 23.4 Å². The number of hydrogen-bond acceptors (Lipinski definition) is 3. The molecule has 0 spiro atoms. The zero-order valence-corrected chi connectivity index (χ0v) is 14.5. The molecule has 142 valence electrons. The van der Waals surface area contributed by atoms with Crippen molar-refractivity contribution in [3.63, 3.8) is 0 Å². The van der Waals surface area contributed by atoms with Gasteiger partial charge >= 0.3 is 6.09 Å². The number of H-pyrrole nitrogens is 1. The summed E-state index contributed by atoms with van der Waals surface area (Å²) in [4.78, 5) is 27.9. The summed E-state index contributed by atoms with van der Waals surface area (Å²) in [6.07, 6.45) is -1.07. The minimum atomic E-state index is -1.35. The molecule has 28 heavy (non-hydrogen) atoms. The van der Waals surface area contributed by atoms with Gasteiger partial charge in [0.25, 0.3) is 5.91 Å². The molecule has 3 N–H and O–H groups in total. The van der Waals surface area contributed by atoms with E-state index in [1.54, 1.807) is 24.3 Å². The largest absolute Gasteiger partial charge is 0.465 e. The number of benzene rings is 2. The van der Waals surface area contributed by atoms with Gasteiger partial charge in [0.05, 0.1) is 16.9 Å². The van der Waals surface area contributed by atoms with Crippen LogP contribution >= 0.6 is 0 Å². The van der Waals surface area contributed by atoms with Gasteiger partial charge in [-0.1, -0.05) is 18.2 Å². The molecule has 0 saturated heterocycles. The number of anilines is 2. The molecule has 0 atom stereocenters. The Kier molecular flexibility index (Phi) is 4.31. The van der Waals surface area contributed by atoms with Crippen LogP contribution in [-0.4, -0.2) is 33.5 Å². The van der Waals surface area contributed by atoms with E-state index in [4.69, 9.17) is 0 Å². The first-order valence-electron chi connectivity index (χ1n) is 8.52. The zero-order chi connectivity index (χ0) is 19.8. The van der Waals surface area contributed by atoms with E-state index in [0.717, 1.165) is 23.1 Å². The van der Waals surface area contributed by atoms with Crippen molar-refractivity contribution in [2.75, 3.05) is 11.9 Å². The monoisotopic (exact) mass is 383 g/mol. The molecule has 1 aromatic heterocycles. The molecule has 2 aromatic carbocycles. The van der Waals surface area contributed by atoms with Crippen molar-refractivity contribution in [2.45, 2.75) is 6.42 Å². The molecule has 4 rings (SSSR count). The lowest BCUT2D eigenvalue weighted by Crippen LogP contribution is -2.41. The fourth-order valence-electron chi connectivity index (χ4n) is 3.32. The molecule has 0 aliphatic carbocycles. The van der Waals surface area contributed by atoms with Gasteiger partial charge in [-0.05, 0) is 24.3 Å². The van der Waals surface area contributed by atoms with Crippen LogP contribution in [0.1, 0.15) is 16.1 Å². The van der Waals surface area contributed by atoms with Crippen LogP contribution in [0.5, 0.6) is 0 Å². The molecule has 0 bridgehead atoms. The second-order valence-electron chi connectivity index (χ2n) is 6.37. The fourth-order valence-corrected chi connectivity index (χ4v) is 3.32. The van der Waals surface area contributed by atoms with Gasteiger partial charge in [0.1, 0.15) is 11.6 Å². The van der Waals surface area contributed by atoms with Crippen LogP contribution in [0, 0.1) is 11.6 Å². The van der Waals surface area contributed by atoms with Crippen molar-refractivity contribution in [3.8, 4) is 11.3 Å². The lowest BCUT2D eigenvalue weighted by molar-refractivity contribution is 0.0728. The quantitative estimate of drug-likeness (QED) is 0.627. The highest BCUT2D eigenvalue weighted by atomic mass is 19.1. The third-order valence-electron chi connectivity index (χ3n) is 4.55. The summed E-state index contributed by atoms with van der Waals surface area (Å²) in [5, 5.41) is 12.4. The first-order valence-corrected chi connectivity index (χ1v) is 8.52. The van der Waals surface area contributed by atoms with Gasteiger partial charge in [-0.3, -0.25) is 4.79 Å². The number of rotatable bonds is 3. The van der Waals surface area contributed by atoms with E-state index >= 15 is 0 Å². The molecule has 0 unspecified atom stereocenters. The highest BCUT2D eigenvalue weighted by Crippen LogP contribution is 2.38. The smallest absolute Gasteiger partial charge is 0.414 e. The van der Waals surface area contributed by atoms with Crippen LogP contribution in [0.2, 0.25) is 0 Å². The van der Waals surface area contributed by atoms with Gasteiger partial charge in [0, 0.05) is 36.0 Å². The number of imide groups is 1. The number of carbonyl (C=O) groups excluding carboxylic acids is 1. The number of aromatic amines is 1. The second-order valence-corrected chi connectivity index (χ2v) is 6.37. The third-order valence-corrected chi connectivity index (χ3v) is 4.55. The Morgan fingerprint density at radius 2 is 1.79 bits per heavy atom. The van der Waals surface area contributed by atoms with Crippen LogP contribution < -0.4 is 5.32 Å². The highest BCUT2D eigenvalue weighted by Gasteiger charge is 2.34. The van der Waals surface area contributed by atoms with Gasteiger partial charge < -0.3 is 15.4 Å². The number of para-hydroxylation sites is 1. The average Bonchev–Trinajstić information content (AvgIpc) is 3.01. The molecule has 0 saturated carbocycles. The predicted octanol–water partition coefficient (Wildman–Crippen LogP) is 4.38. The molecule has 2 heterocycles. The maximum Gasteiger partial charge on any atom is 0.414 e. The number of amides is 2. The first kappa shape index (κ1) is 17.7. The topological polar surface area (TPSA) is 85.4 Å². The minimum absolute atomic E-state index is 0.00338. The van der Waals surface area contributed by atoms with Crippen molar-refractivity contribution < 1.29 is 23.5 Å². The van der Waals surface area contributed by atoms with Crippen molar-refractivity contribution in [3.05, 3.63) is 71.4 Å². The van der Waals surface area contributed by atoms with Crippen molar-refractivity contribution in [1.29, 1.82) is 0 Å². The van der Waals surface area contributed by atoms with Gasteiger partial charge in [-0.2, -0.15) is 0 Å². The van der Waals surface area contributed by atoms with Crippen molar-refractivity contribution in [1.82, 2.24) is 9.88 Å². The van der Waals surface area contributed by atoms with Crippen molar-refractivity contribution in [2.24, 2.45) is 0 Å². The number of nitrogens with one attached hydrogen (secondary N) is 2. The Balaban J connectivity index is 1.90. The van der Waals surface area contributed by atoms with E-state index in [2.05, 4.69) is 10.3 Å². The third kappa shape index (κ3) is 3.09. The second kappa shape index (κ2) is 6.80. The van der Waals surface area contributed by atoms with E-state index < -0.39 is 23.6 Å².